The Morgan fingerprint density at radius 2 is 2.22 bits per heavy atom. The molecule has 1 amide bonds. The normalized spacial score (nSPS) is 20.0. The number of alkyl halides is 1. The molecule has 0 bridgehead atoms. The minimum atomic E-state index is -0.501. The predicted molar refractivity (Wildman–Crippen MR) is 90.0 cm³/mol. The van der Waals surface area contributed by atoms with E-state index < -0.39 is 5.60 Å². The van der Waals surface area contributed by atoms with Crippen LogP contribution in [0.4, 0.5) is 4.79 Å². The highest BCUT2D eigenvalue weighted by atomic mass is 79.9. The van der Waals surface area contributed by atoms with Gasteiger partial charge in [0.25, 0.3) is 0 Å². The molecular formula is C16H23BrN2O4. The van der Waals surface area contributed by atoms with Crippen molar-refractivity contribution in [3.8, 4) is 5.88 Å². The smallest absolute Gasteiger partial charge is 0.410 e. The van der Waals surface area contributed by atoms with Crippen molar-refractivity contribution in [1.29, 1.82) is 0 Å². The van der Waals surface area contributed by atoms with Gasteiger partial charge in [0.1, 0.15) is 5.60 Å². The molecule has 0 spiro atoms. The summed E-state index contributed by atoms with van der Waals surface area (Å²) < 4.78 is 16.3. The molecular weight excluding hydrogens is 364 g/mol. The second-order valence-corrected chi connectivity index (χ2v) is 7.36. The molecule has 1 aliphatic rings. The molecule has 128 valence electrons. The van der Waals surface area contributed by atoms with Crippen LogP contribution in [0, 0.1) is 0 Å². The zero-order chi connectivity index (χ0) is 17.0. The Bertz CT molecular complexity index is 530. The van der Waals surface area contributed by atoms with Crippen LogP contribution in [0.25, 0.3) is 0 Å². The number of rotatable bonds is 3. The first-order valence-corrected chi connectivity index (χ1v) is 8.45. The minimum absolute atomic E-state index is 0.0638. The molecule has 0 saturated carbocycles. The Labute approximate surface area is 145 Å². The largest absolute Gasteiger partial charge is 0.481 e. The first-order valence-electron chi connectivity index (χ1n) is 7.53. The Morgan fingerprint density at radius 1 is 1.48 bits per heavy atom. The maximum Gasteiger partial charge on any atom is 0.410 e. The van der Waals surface area contributed by atoms with Crippen molar-refractivity contribution >= 4 is 22.0 Å². The number of hydrogen-bond acceptors (Lipinski definition) is 5. The van der Waals surface area contributed by atoms with Crippen molar-refractivity contribution in [1.82, 2.24) is 9.88 Å². The van der Waals surface area contributed by atoms with E-state index in [4.69, 9.17) is 14.2 Å². The third-order valence-electron chi connectivity index (χ3n) is 3.36. The number of methoxy groups -OCH3 is 1. The number of morpholine rings is 1. The fourth-order valence-electron chi connectivity index (χ4n) is 2.24. The van der Waals surface area contributed by atoms with Crippen molar-refractivity contribution in [3.05, 3.63) is 23.9 Å². The van der Waals surface area contributed by atoms with E-state index >= 15 is 0 Å². The zero-order valence-electron chi connectivity index (χ0n) is 13.9. The summed E-state index contributed by atoms with van der Waals surface area (Å²) in [6.45, 7) is 7.07. The van der Waals surface area contributed by atoms with E-state index in [1.165, 1.54) is 0 Å². The summed E-state index contributed by atoms with van der Waals surface area (Å²) in [7, 11) is 1.58. The van der Waals surface area contributed by atoms with Gasteiger partial charge in [-0.25, -0.2) is 9.78 Å². The monoisotopic (exact) mass is 386 g/mol. The van der Waals surface area contributed by atoms with Crippen molar-refractivity contribution in [2.45, 2.75) is 37.3 Å². The number of halogens is 1. The molecule has 2 unspecified atom stereocenters. The number of pyridine rings is 1. The van der Waals surface area contributed by atoms with Crippen molar-refractivity contribution in [2.24, 2.45) is 0 Å². The molecule has 0 N–H and O–H groups in total. The van der Waals surface area contributed by atoms with Crippen LogP contribution >= 0.6 is 15.9 Å². The van der Waals surface area contributed by atoms with E-state index in [9.17, 15) is 4.79 Å². The summed E-state index contributed by atoms with van der Waals surface area (Å²) in [5.74, 6) is 0.563. The van der Waals surface area contributed by atoms with Gasteiger partial charge in [-0.2, -0.15) is 0 Å². The molecule has 2 heterocycles. The van der Waals surface area contributed by atoms with Gasteiger partial charge >= 0.3 is 6.09 Å². The highest BCUT2D eigenvalue weighted by molar-refractivity contribution is 9.09. The molecule has 2 atom stereocenters. The summed E-state index contributed by atoms with van der Waals surface area (Å²) in [6, 6.07) is 3.74. The van der Waals surface area contributed by atoms with Crippen molar-refractivity contribution in [2.75, 3.05) is 26.8 Å². The van der Waals surface area contributed by atoms with E-state index in [0.717, 1.165) is 5.56 Å². The SMILES string of the molecule is COc1ccc(C(Br)C2CN(C(=O)OC(C)(C)C)CCO2)cn1. The van der Waals surface area contributed by atoms with Crippen LogP contribution in [0.5, 0.6) is 5.88 Å². The van der Waals surface area contributed by atoms with Gasteiger partial charge in [-0.3, -0.25) is 0 Å². The molecule has 0 aliphatic carbocycles. The number of carbonyl (C=O) groups excluding carboxylic acids is 1. The lowest BCUT2D eigenvalue weighted by Gasteiger charge is -2.36. The predicted octanol–water partition coefficient (Wildman–Crippen LogP) is 3.16. The number of amides is 1. The van der Waals surface area contributed by atoms with Crippen molar-refractivity contribution in [3.63, 3.8) is 0 Å². The average Bonchev–Trinajstić information content (AvgIpc) is 2.53. The first kappa shape index (κ1) is 18.0. The van der Waals surface area contributed by atoms with Crippen LogP contribution in [0.1, 0.15) is 31.2 Å². The van der Waals surface area contributed by atoms with Crippen LogP contribution in [-0.4, -0.2) is 54.5 Å². The van der Waals surface area contributed by atoms with Crippen LogP contribution in [0.15, 0.2) is 18.3 Å². The molecule has 6 nitrogen and oxygen atoms in total. The van der Waals surface area contributed by atoms with Crippen LogP contribution in [0.2, 0.25) is 0 Å². The summed E-state index contributed by atoms with van der Waals surface area (Å²) in [5.41, 5.74) is 0.473. The van der Waals surface area contributed by atoms with Crippen LogP contribution < -0.4 is 4.74 Å². The summed E-state index contributed by atoms with van der Waals surface area (Å²) in [4.78, 5) is 18.0. The van der Waals surface area contributed by atoms with E-state index in [1.54, 1.807) is 24.3 Å². The lowest BCUT2D eigenvalue weighted by molar-refractivity contribution is -0.0419. The topological polar surface area (TPSA) is 60.9 Å². The van der Waals surface area contributed by atoms with Crippen LogP contribution in [-0.2, 0) is 9.47 Å². The Morgan fingerprint density at radius 3 is 2.78 bits per heavy atom. The fourth-order valence-corrected chi connectivity index (χ4v) is 2.83. The van der Waals surface area contributed by atoms with Crippen LogP contribution in [0.3, 0.4) is 0 Å². The summed E-state index contributed by atoms with van der Waals surface area (Å²) in [5, 5.41) is 0. The second kappa shape index (κ2) is 7.49. The van der Waals surface area contributed by atoms with Gasteiger partial charge in [-0.1, -0.05) is 22.0 Å². The van der Waals surface area contributed by atoms with E-state index in [0.29, 0.717) is 25.6 Å². The van der Waals surface area contributed by atoms with Gasteiger partial charge in [-0.05, 0) is 26.3 Å². The molecule has 1 fully saturated rings. The molecule has 2 rings (SSSR count). The number of aromatic nitrogens is 1. The van der Waals surface area contributed by atoms with Gasteiger partial charge in [0.15, 0.2) is 0 Å². The third kappa shape index (κ3) is 5.07. The van der Waals surface area contributed by atoms with Gasteiger partial charge < -0.3 is 19.1 Å². The molecule has 1 saturated heterocycles. The summed E-state index contributed by atoms with van der Waals surface area (Å²) in [6.07, 6.45) is 1.28. The molecule has 23 heavy (non-hydrogen) atoms. The lowest BCUT2D eigenvalue weighted by Crippen LogP contribution is -2.48. The summed E-state index contributed by atoms with van der Waals surface area (Å²) >= 11 is 3.65. The number of hydrogen-bond donors (Lipinski definition) is 0. The quantitative estimate of drug-likeness (QED) is 0.746. The zero-order valence-corrected chi connectivity index (χ0v) is 15.5. The second-order valence-electron chi connectivity index (χ2n) is 6.37. The first-order chi connectivity index (χ1) is 10.8. The lowest BCUT2D eigenvalue weighted by atomic mass is 10.1. The van der Waals surface area contributed by atoms with Gasteiger partial charge in [0, 0.05) is 18.8 Å². The number of carbonyl (C=O) groups is 1. The fraction of sp³-hybridized carbons (Fsp3) is 0.625. The third-order valence-corrected chi connectivity index (χ3v) is 4.48. The average molecular weight is 387 g/mol. The maximum atomic E-state index is 12.2. The molecule has 1 aromatic rings. The highest BCUT2D eigenvalue weighted by Gasteiger charge is 2.32. The van der Waals surface area contributed by atoms with E-state index in [-0.39, 0.29) is 17.0 Å². The standard InChI is InChI=1S/C16H23BrN2O4/c1-16(2,3)23-15(20)19-7-8-22-12(10-19)14(17)11-5-6-13(21-4)18-9-11/h5-6,9,12,14H,7-8,10H2,1-4H3. The van der Waals surface area contributed by atoms with Gasteiger partial charge in [0.05, 0.1) is 31.2 Å². The number of ether oxygens (including phenoxy) is 3. The molecule has 0 radical (unpaired) electrons. The van der Waals surface area contributed by atoms with Crippen molar-refractivity contribution < 1.29 is 19.0 Å². The molecule has 1 aromatic heterocycles. The molecule has 0 aromatic carbocycles. The highest BCUT2D eigenvalue weighted by Crippen LogP contribution is 2.31. The minimum Gasteiger partial charge on any atom is -0.481 e. The Hall–Kier alpha value is -1.34. The Balaban J connectivity index is 2.00. The van der Waals surface area contributed by atoms with E-state index in [2.05, 4.69) is 20.9 Å². The van der Waals surface area contributed by atoms with Gasteiger partial charge in [-0.15, -0.1) is 0 Å². The van der Waals surface area contributed by atoms with E-state index in [1.807, 2.05) is 26.8 Å². The Kier molecular flexibility index (Phi) is 5.86. The van der Waals surface area contributed by atoms with Gasteiger partial charge in [0.2, 0.25) is 5.88 Å². The number of nitrogens with zero attached hydrogens (tertiary/aromatic N) is 2. The maximum absolute atomic E-state index is 12.2. The molecule has 7 heteroatoms. The molecule has 1 aliphatic heterocycles.